The number of benzene rings is 1. The van der Waals surface area contributed by atoms with Gasteiger partial charge in [-0.1, -0.05) is 25.0 Å². The van der Waals surface area contributed by atoms with Gasteiger partial charge in [-0.3, -0.25) is 0 Å². The molecule has 1 aromatic rings. The lowest BCUT2D eigenvalue weighted by molar-refractivity contribution is -0.0522. The number of ether oxygens (including phenoxy) is 2. The molecule has 2 unspecified atom stereocenters. The Morgan fingerprint density at radius 2 is 2.04 bits per heavy atom. The molecular formula is C17H25F2NO3. The molecule has 1 aliphatic rings. The van der Waals surface area contributed by atoms with E-state index in [2.05, 4.69) is 4.74 Å². The molecule has 1 aliphatic carbocycles. The second-order valence-electron chi connectivity index (χ2n) is 6.14. The molecule has 1 saturated carbocycles. The highest BCUT2D eigenvalue weighted by molar-refractivity contribution is 5.46. The van der Waals surface area contributed by atoms with Crippen LogP contribution < -0.4 is 9.47 Å². The Bertz CT molecular complexity index is 499. The first-order valence-corrected chi connectivity index (χ1v) is 7.98. The van der Waals surface area contributed by atoms with Gasteiger partial charge in [0.1, 0.15) is 0 Å². The summed E-state index contributed by atoms with van der Waals surface area (Å²) in [5.74, 6) is 0.619. The fourth-order valence-electron chi connectivity index (χ4n) is 3.23. The van der Waals surface area contributed by atoms with E-state index in [-0.39, 0.29) is 17.8 Å². The van der Waals surface area contributed by atoms with Gasteiger partial charge in [0.15, 0.2) is 11.5 Å². The van der Waals surface area contributed by atoms with Gasteiger partial charge in [0, 0.05) is 18.7 Å². The molecule has 0 aliphatic heterocycles. The van der Waals surface area contributed by atoms with Crippen molar-refractivity contribution in [3.05, 3.63) is 23.8 Å². The van der Waals surface area contributed by atoms with Crippen molar-refractivity contribution >= 4 is 0 Å². The van der Waals surface area contributed by atoms with Crippen molar-refractivity contribution < 1.29 is 23.4 Å². The Balaban J connectivity index is 2.06. The summed E-state index contributed by atoms with van der Waals surface area (Å²) in [5, 5.41) is 10.1. The molecule has 0 bridgehead atoms. The lowest BCUT2D eigenvalue weighted by atomic mass is 9.86. The molecular weight excluding hydrogens is 304 g/mol. The summed E-state index contributed by atoms with van der Waals surface area (Å²) in [6.45, 7) is -1.70. The average molecular weight is 329 g/mol. The first-order chi connectivity index (χ1) is 11.0. The Hall–Kier alpha value is -1.40. The van der Waals surface area contributed by atoms with Gasteiger partial charge in [0.05, 0.1) is 13.2 Å². The predicted molar refractivity (Wildman–Crippen MR) is 83.9 cm³/mol. The molecule has 130 valence electrons. The zero-order valence-corrected chi connectivity index (χ0v) is 13.7. The van der Waals surface area contributed by atoms with E-state index in [1.165, 1.54) is 7.11 Å². The largest absolute Gasteiger partial charge is 0.493 e. The van der Waals surface area contributed by atoms with Gasteiger partial charge >= 0.3 is 6.61 Å². The molecule has 2 rings (SSSR count). The number of hydrogen-bond donors (Lipinski definition) is 1. The van der Waals surface area contributed by atoms with Crippen molar-refractivity contribution in [1.29, 1.82) is 0 Å². The van der Waals surface area contributed by atoms with E-state index in [1.54, 1.807) is 18.2 Å². The first kappa shape index (κ1) is 17.9. The lowest BCUT2D eigenvalue weighted by Gasteiger charge is -2.31. The minimum absolute atomic E-state index is 0.0843. The van der Waals surface area contributed by atoms with Crippen LogP contribution in [0.2, 0.25) is 0 Å². The van der Waals surface area contributed by atoms with Crippen LogP contribution in [0.25, 0.3) is 0 Å². The van der Waals surface area contributed by atoms with Crippen LogP contribution in [0.1, 0.15) is 31.2 Å². The van der Waals surface area contributed by atoms with E-state index < -0.39 is 6.61 Å². The molecule has 4 nitrogen and oxygen atoms in total. The maximum atomic E-state index is 12.7. The Morgan fingerprint density at radius 3 is 2.70 bits per heavy atom. The number of aliphatic hydroxyl groups excluding tert-OH is 1. The molecule has 6 heteroatoms. The summed E-state index contributed by atoms with van der Waals surface area (Å²) < 4.78 is 35.1. The molecule has 2 atom stereocenters. The first-order valence-electron chi connectivity index (χ1n) is 7.98. The average Bonchev–Trinajstić information content (AvgIpc) is 2.51. The fraction of sp³-hybridized carbons (Fsp3) is 0.647. The zero-order valence-electron chi connectivity index (χ0n) is 13.7. The van der Waals surface area contributed by atoms with Crippen molar-refractivity contribution in [3.63, 3.8) is 0 Å². The van der Waals surface area contributed by atoms with Crippen molar-refractivity contribution in [2.75, 3.05) is 20.7 Å². The summed E-state index contributed by atoms with van der Waals surface area (Å²) >= 11 is 0. The molecule has 1 aromatic carbocycles. The topological polar surface area (TPSA) is 41.9 Å². The van der Waals surface area contributed by atoms with Gasteiger partial charge in [-0.05, 0) is 31.9 Å². The number of nitrogens with zero attached hydrogens (tertiary/aromatic N) is 1. The highest BCUT2D eigenvalue weighted by atomic mass is 19.3. The van der Waals surface area contributed by atoms with E-state index in [1.807, 2.05) is 11.9 Å². The molecule has 23 heavy (non-hydrogen) atoms. The number of alkyl halides is 2. The maximum absolute atomic E-state index is 12.7. The van der Waals surface area contributed by atoms with Crippen LogP contribution in [0.3, 0.4) is 0 Å². The van der Waals surface area contributed by atoms with Gasteiger partial charge < -0.3 is 19.5 Å². The third kappa shape index (κ3) is 5.04. The minimum atomic E-state index is -2.89. The van der Waals surface area contributed by atoms with Crippen molar-refractivity contribution in [2.45, 2.75) is 44.9 Å². The maximum Gasteiger partial charge on any atom is 0.387 e. The van der Waals surface area contributed by atoms with Crippen molar-refractivity contribution in [3.8, 4) is 11.5 Å². The van der Waals surface area contributed by atoms with Crippen LogP contribution in [0, 0.1) is 5.92 Å². The SMILES string of the molecule is COc1cccc(CN(C)CC2CCCCC2O)c1OC(F)F. The number of halogens is 2. The summed E-state index contributed by atoms with van der Waals surface area (Å²) in [6.07, 6.45) is 3.78. The standard InChI is InChI=1S/C17H25F2NO3/c1-20(10-12-6-3-4-8-14(12)21)11-13-7-5-9-15(22-2)16(13)23-17(18)19/h5,7,9,12,14,17,21H,3-4,6,8,10-11H2,1-2H3. The molecule has 0 saturated heterocycles. The minimum Gasteiger partial charge on any atom is -0.493 e. The molecule has 0 aromatic heterocycles. The van der Waals surface area contributed by atoms with Crippen molar-refractivity contribution in [1.82, 2.24) is 4.90 Å². The quantitative estimate of drug-likeness (QED) is 0.833. The van der Waals surface area contributed by atoms with Crippen LogP contribution in [-0.2, 0) is 6.54 Å². The molecule has 0 amide bonds. The molecule has 0 radical (unpaired) electrons. The van der Waals surface area contributed by atoms with Crippen LogP contribution in [0.4, 0.5) is 8.78 Å². The number of aliphatic hydroxyl groups is 1. The summed E-state index contributed by atoms with van der Waals surface area (Å²) in [7, 11) is 3.35. The van der Waals surface area contributed by atoms with Gasteiger partial charge in [0.25, 0.3) is 0 Å². The third-order valence-electron chi connectivity index (χ3n) is 4.34. The fourth-order valence-corrected chi connectivity index (χ4v) is 3.23. The second kappa shape index (κ2) is 8.45. The highest BCUT2D eigenvalue weighted by Gasteiger charge is 2.25. The van der Waals surface area contributed by atoms with Gasteiger partial charge in [-0.25, -0.2) is 0 Å². The third-order valence-corrected chi connectivity index (χ3v) is 4.34. The number of para-hydroxylation sites is 1. The molecule has 1 fully saturated rings. The van der Waals surface area contributed by atoms with Gasteiger partial charge in [0.2, 0.25) is 0 Å². The predicted octanol–water partition coefficient (Wildman–Crippen LogP) is 3.28. The van der Waals surface area contributed by atoms with E-state index in [0.717, 1.165) is 32.2 Å². The van der Waals surface area contributed by atoms with E-state index in [9.17, 15) is 13.9 Å². The Kier molecular flexibility index (Phi) is 6.59. The number of methoxy groups -OCH3 is 1. The molecule has 0 heterocycles. The Morgan fingerprint density at radius 1 is 1.30 bits per heavy atom. The van der Waals surface area contributed by atoms with Gasteiger partial charge in [-0.2, -0.15) is 8.78 Å². The number of rotatable bonds is 7. The van der Waals surface area contributed by atoms with Crippen molar-refractivity contribution in [2.24, 2.45) is 5.92 Å². The van der Waals surface area contributed by atoms with E-state index in [4.69, 9.17) is 4.74 Å². The molecule has 1 N–H and O–H groups in total. The van der Waals surface area contributed by atoms with Crippen LogP contribution >= 0.6 is 0 Å². The van der Waals surface area contributed by atoms with E-state index in [0.29, 0.717) is 17.9 Å². The van der Waals surface area contributed by atoms with Crippen LogP contribution in [0.15, 0.2) is 18.2 Å². The monoisotopic (exact) mass is 329 g/mol. The summed E-state index contributed by atoms with van der Waals surface area (Å²) in [6, 6.07) is 5.12. The van der Waals surface area contributed by atoms with Crippen LogP contribution in [-0.4, -0.2) is 43.4 Å². The molecule has 0 spiro atoms. The Labute approximate surface area is 136 Å². The normalized spacial score (nSPS) is 21.7. The van der Waals surface area contributed by atoms with E-state index >= 15 is 0 Å². The summed E-state index contributed by atoms with van der Waals surface area (Å²) in [5.41, 5.74) is 0.650. The lowest BCUT2D eigenvalue weighted by Crippen LogP contribution is -2.34. The number of hydrogen-bond acceptors (Lipinski definition) is 4. The summed E-state index contributed by atoms with van der Waals surface area (Å²) in [4.78, 5) is 2.03. The second-order valence-corrected chi connectivity index (χ2v) is 6.14. The van der Waals surface area contributed by atoms with Gasteiger partial charge in [-0.15, -0.1) is 0 Å². The smallest absolute Gasteiger partial charge is 0.387 e. The zero-order chi connectivity index (χ0) is 16.8. The van der Waals surface area contributed by atoms with Crippen LogP contribution in [0.5, 0.6) is 11.5 Å². The highest BCUT2D eigenvalue weighted by Crippen LogP contribution is 2.33.